The lowest BCUT2D eigenvalue weighted by molar-refractivity contribution is -0.119. The van der Waals surface area contributed by atoms with Gasteiger partial charge in [0.15, 0.2) is 0 Å². The Morgan fingerprint density at radius 3 is 2.33 bits per heavy atom. The summed E-state index contributed by atoms with van der Waals surface area (Å²) in [6, 6.07) is 23.8. The van der Waals surface area contributed by atoms with E-state index in [-0.39, 0.29) is 5.91 Å². The first-order valence-corrected chi connectivity index (χ1v) is 6.89. The average Bonchev–Trinajstić information content (AvgIpc) is 2.54. The lowest BCUT2D eigenvalue weighted by Gasteiger charge is -2.08. The smallest absolute Gasteiger partial charge is 0.242 e. The molecule has 21 heavy (non-hydrogen) atoms. The number of hydrogen-bond donors (Lipinski definition) is 2. The first-order valence-electron chi connectivity index (χ1n) is 6.89. The second kappa shape index (κ2) is 6.09. The van der Waals surface area contributed by atoms with Crippen LogP contribution >= 0.6 is 0 Å². The van der Waals surface area contributed by atoms with Crippen molar-refractivity contribution in [2.75, 3.05) is 5.43 Å². The summed E-state index contributed by atoms with van der Waals surface area (Å²) >= 11 is 0. The monoisotopic (exact) mass is 276 g/mol. The second-order valence-electron chi connectivity index (χ2n) is 4.90. The molecule has 3 nitrogen and oxygen atoms in total. The van der Waals surface area contributed by atoms with Gasteiger partial charge in [-0.2, -0.15) is 0 Å². The summed E-state index contributed by atoms with van der Waals surface area (Å²) in [4.78, 5) is 11.9. The summed E-state index contributed by atoms with van der Waals surface area (Å²) in [5, 5.41) is 2.34. The Bertz CT molecular complexity index is 753. The predicted octanol–water partition coefficient (Wildman–Crippen LogP) is 3.53. The van der Waals surface area contributed by atoms with Crippen LogP contribution in [0.25, 0.3) is 10.8 Å². The van der Waals surface area contributed by atoms with Crippen molar-refractivity contribution in [2.45, 2.75) is 6.42 Å². The molecule has 0 saturated heterocycles. The van der Waals surface area contributed by atoms with E-state index in [9.17, 15) is 4.79 Å². The van der Waals surface area contributed by atoms with Crippen molar-refractivity contribution in [1.82, 2.24) is 5.43 Å². The zero-order valence-corrected chi connectivity index (χ0v) is 11.5. The molecular formula is C18H16N2O. The molecule has 2 N–H and O–H groups in total. The fourth-order valence-corrected chi connectivity index (χ4v) is 2.24. The van der Waals surface area contributed by atoms with Crippen LogP contribution in [0.2, 0.25) is 0 Å². The Morgan fingerprint density at radius 2 is 1.52 bits per heavy atom. The van der Waals surface area contributed by atoms with E-state index in [4.69, 9.17) is 0 Å². The van der Waals surface area contributed by atoms with E-state index in [2.05, 4.69) is 29.1 Å². The molecule has 0 saturated carbocycles. The zero-order valence-electron chi connectivity index (χ0n) is 11.5. The molecule has 0 fully saturated rings. The fourth-order valence-electron chi connectivity index (χ4n) is 2.24. The number of amides is 1. The molecule has 0 aliphatic rings. The Morgan fingerprint density at radius 1 is 0.810 bits per heavy atom. The fraction of sp³-hybridized carbons (Fsp3) is 0.0556. The second-order valence-corrected chi connectivity index (χ2v) is 4.90. The normalized spacial score (nSPS) is 10.3. The van der Waals surface area contributed by atoms with E-state index in [1.165, 1.54) is 5.39 Å². The molecule has 3 aromatic carbocycles. The summed E-state index contributed by atoms with van der Waals surface area (Å²) < 4.78 is 0. The van der Waals surface area contributed by atoms with E-state index in [0.29, 0.717) is 6.42 Å². The molecule has 0 aliphatic heterocycles. The van der Waals surface area contributed by atoms with Crippen molar-refractivity contribution in [2.24, 2.45) is 0 Å². The van der Waals surface area contributed by atoms with Crippen LogP contribution in [0.1, 0.15) is 5.56 Å². The van der Waals surface area contributed by atoms with Crippen molar-refractivity contribution in [1.29, 1.82) is 0 Å². The molecule has 0 spiro atoms. The van der Waals surface area contributed by atoms with Gasteiger partial charge in [-0.3, -0.25) is 15.6 Å². The molecule has 0 aromatic heterocycles. The molecule has 3 heteroatoms. The van der Waals surface area contributed by atoms with Gasteiger partial charge in [0.1, 0.15) is 0 Å². The predicted molar refractivity (Wildman–Crippen MR) is 85.9 cm³/mol. The highest BCUT2D eigenvalue weighted by molar-refractivity contribution is 5.85. The van der Waals surface area contributed by atoms with Gasteiger partial charge in [-0.1, -0.05) is 60.7 Å². The molecule has 3 rings (SSSR count). The SMILES string of the molecule is O=C(Cc1ccc2ccccc2c1)NNc1ccccc1. The third kappa shape index (κ3) is 3.39. The molecule has 104 valence electrons. The summed E-state index contributed by atoms with van der Waals surface area (Å²) in [5.74, 6) is -0.0610. The maximum absolute atomic E-state index is 11.9. The molecule has 0 aliphatic carbocycles. The number of benzene rings is 3. The first kappa shape index (κ1) is 13.2. The first-order chi connectivity index (χ1) is 10.3. The van der Waals surface area contributed by atoms with Crippen LogP contribution in [0.5, 0.6) is 0 Å². The van der Waals surface area contributed by atoms with Gasteiger partial charge in [-0.25, -0.2) is 0 Å². The maximum atomic E-state index is 11.9. The molecule has 0 bridgehead atoms. The Labute approximate surface area is 123 Å². The zero-order chi connectivity index (χ0) is 14.5. The number of para-hydroxylation sites is 1. The van der Waals surface area contributed by atoms with Crippen LogP contribution in [-0.2, 0) is 11.2 Å². The van der Waals surface area contributed by atoms with Gasteiger partial charge in [0.05, 0.1) is 12.1 Å². The number of fused-ring (bicyclic) bond motifs is 1. The van der Waals surface area contributed by atoms with Gasteiger partial charge in [-0.15, -0.1) is 0 Å². The lowest BCUT2D eigenvalue weighted by Crippen LogP contribution is -2.30. The van der Waals surface area contributed by atoms with E-state index >= 15 is 0 Å². The summed E-state index contributed by atoms with van der Waals surface area (Å²) in [5.41, 5.74) is 7.47. The van der Waals surface area contributed by atoms with Crippen molar-refractivity contribution in [3.05, 3.63) is 78.4 Å². The van der Waals surface area contributed by atoms with E-state index in [1.807, 2.05) is 54.6 Å². The third-order valence-corrected chi connectivity index (χ3v) is 3.30. The van der Waals surface area contributed by atoms with Crippen molar-refractivity contribution in [3.63, 3.8) is 0 Å². The van der Waals surface area contributed by atoms with E-state index in [0.717, 1.165) is 16.6 Å². The minimum absolute atomic E-state index is 0.0610. The molecule has 0 radical (unpaired) electrons. The van der Waals surface area contributed by atoms with Gasteiger partial charge in [0.25, 0.3) is 0 Å². The van der Waals surface area contributed by atoms with Crippen LogP contribution in [0.4, 0.5) is 5.69 Å². The topological polar surface area (TPSA) is 41.1 Å². The molecule has 0 atom stereocenters. The van der Waals surface area contributed by atoms with Crippen LogP contribution < -0.4 is 10.9 Å². The molecule has 3 aromatic rings. The Kier molecular flexibility index (Phi) is 3.83. The standard InChI is InChI=1S/C18H16N2O/c21-18(20-19-17-8-2-1-3-9-17)13-14-10-11-15-6-4-5-7-16(15)12-14/h1-12,19H,13H2,(H,20,21). The van der Waals surface area contributed by atoms with Crippen LogP contribution in [0.3, 0.4) is 0 Å². The number of hydrazine groups is 1. The summed E-state index contributed by atoms with van der Waals surface area (Å²) in [7, 11) is 0. The van der Waals surface area contributed by atoms with Gasteiger partial charge in [0.2, 0.25) is 5.91 Å². The summed E-state index contributed by atoms with van der Waals surface area (Å²) in [6.45, 7) is 0. The maximum Gasteiger partial charge on any atom is 0.242 e. The quantitative estimate of drug-likeness (QED) is 0.716. The number of rotatable bonds is 4. The Hall–Kier alpha value is -2.81. The van der Waals surface area contributed by atoms with Crippen molar-refractivity contribution < 1.29 is 4.79 Å². The van der Waals surface area contributed by atoms with E-state index in [1.54, 1.807) is 0 Å². The largest absolute Gasteiger partial charge is 0.299 e. The average molecular weight is 276 g/mol. The number of carbonyl (C=O) groups is 1. The highest BCUT2D eigenvalue weighted by atomic mass is 16.2. The minimum atomic E-state index is -0.0610. The van der Waals surface area contributed by atoms with Gasteiger partial charge < -0.3 is 0 Å². The lowest BCUT2D eigenvalue weighted by atomic mass is 10.1. The van der Waals surface area contributed by atoms with Crippen molar-refractivity contribution in [3.8, 4) is 0 Å². The summed E-state index contributed by atoms with van der Waals surface area (Å²) in [6.07, 6.45) is 0.352. The Balaban J connectivity index is 1.63. The molecular weight excluding hydrogens is 260 g/mol. The van der Waals surface area contributed by atoms with Crippen LogP contribution in [-0.4, -0.2) is 5.91 Å². The number of carbonyl (C=O) groups excluding carboxylic acids is 1. The van der Waals surface area contributed by atoms with Crippen LogP contribution in [0, 0.1) is 0 Å². The van der Waals surface area contributed by atoms with Crippen LogP contribution in [0.15, 0.2) is 72.8 Å². The third-order valence-electron chi connectivity index (χ3n) is 3.30. The highest BCUT2D eigenvalue weighted by Gasteiger charge is 2.03. The highest BCUT2D eigenvalue weighted by Crippen LogP contribution is 2.15. The van der Waals surface area contributed by atoms with E-state index < -0.39 is 0 Å². The number of hydrogen-bond acceptors (Lipinski definition) is 2. The molecule has 0 heterocycles. The van der Waals surface area contributed by atoms with Crippen molar-refractivity contribution >= 4 is 22.4 Å². The molecule has 1 amide bonds. The van der Waals surface area contributed by atoms with Gasteiger partial charge in [0, 0.05) is 0 Å². The number of anilines is 1. The number of nitrogens with one attached hydrogen (secondary N) is 2. The van der Waals surface area contributed by atoms with Gasteiger partial charge >= 0.3 is 0 Å². The minimum Gasteiger partial charge on any atom is -0.299 e. The molecule has 0 unspecified atom stereocenters. The van der Waals surface area contributed by atoms with Gasteiger partial charge in [-0.05, 0) is 28.5 Å².